The average molecular weight is 1200 g/mol. The molecular formula is C66H54F4N12O7. The summed E-state index contributed by atoms with van der Waals surface area (Å²) < 4.78 is 99.2. The number of hydrogen-bond acceptors (Lipinski definition) is 15. The first-order chi connectivity index (χ1) is 43.3. The van der Waals surface area contributed by atoms with Crippen LogP contribution in [0.25, 0.3) is 67.4 Å². The molecule has 0 aliphatic heterocycles. The maximum absolute atomic E-state index is 16.1. The van der Waals surface area contributed by atoms with Crippen molar-refractivity contribution in [3.05, 3.63) is 227 Å². The topological polar surface area (TPSA) is 203 Å². The molecule has 0 bridgehead atoms. The number of rotatable bonds is 22. The second-order valence-corrected chi connectivity index (χ2v) is 20.7. The number of pyridine rings is 4. The smallest absolute Gasteiger partial charge is 0.346 e. The lowest BCUT2D eigenvalue weighted by atomic mass is 10.0. The predicted molar refractivity (Wildman–Crippen MR) is 319 cm³/mol. The van der Waals surface area contributed by atoms with Gasteiger partial charge in [0, 0.05) is 113 Å². The van der Waals surface area contributed by atoms with Gasteiger partial charge in [-0.3, -0.25) is 19.3 Å². The van der Waals surface area contributed by atoms with Crippen molar-refractivity contribution in [1.29, 1.82) is 0 Å². The molecule has 0 fully saturated rings. The highest BCUT2D eigenvalue weighted by Crippen LogP contribution is 2.32. The molecule has 0 saturated heterocycles. The molecule has 12 aromatic rings. The zero-order chi connectivity index (χ0) is 61.7. The highest BCUT2D eigenvalue weighted by atomic mass is 19.1. The molecule has 8 aromatic heterocycles. The van der Waals surface area contributed by atoms with Gasteiger partial charge in [-0.1, -0.05) is 24.3 Å². The van der Waals surface area contributed by atoms with Crippen LogP contribution in [-0.2, 0) is 67.5 Å². The number of aryl methyl sites for hydroxylation is 2. The van der Waals surface area contributed by atoms with Crippen molar-refractivity contribution in [2.24, 2.45) is 14.1 Å². The molecule has 0 radical (unpaired) electrons. The van der Waals surface area contributed by atoms with E-state index in [1.165, 1.54) is 38.5 Å². The number of imidazole rings is 2. The van der Waals surface area contributed by atoms with Gasteiger partial charge in [0.15, 0.2) is 0 Å². The number of esters is 2. The van der Waals surface area contributed by atoms with Crippen LogP contribution in [-0.4, -0.2) is 98.0 Å². The molecule has 8 heterocycles. The van der Waals surface area contributed by atoms with Crippen LogP contribution in [0.2, 0.25) is 0 Å². The van der Waals surface area contributed by atoms with E-state index in [1.54, 1.807) is 91.8 Å². The van der Waals surface area contributed by atoms with Gasteiger partial charge in [0.25, 0.3) is 0 Å². The van der Waals surface area contributed by atoms with Crippen molar-refractivity contribution < 1.29 is 50.8 Å². The number of nitrogens with zero attached hydrogens (tertiary/aromatic N) is 12. The summed E-state index contributed by atoms with van der Waals surface area (Å²) in [4.78, 5) is 55.0. The zero-order valence-electron chi connectivity index (χ0n) is 48.4. The molecule has 0 spiro atoms. The van der Waals surface area contributed by atoms with Gasteiger partial charge in [-0.25, -0.2) is 47.1 Å². The van der Waals surface area contributed by atoms with Crippen molar-refractivity contribution in [3.63, 3.8) is 0 Å². The van der Waals surface area contributed by atoms with E-state index >= 15 is 17.6 Å². The minimum atomic E-state index is -0.970. The highest BCUT2D eigenvalue weighted by Gasteiger charge is 2.24. The third-order valence-corrected chi connectivity index (χ3v) is 14.9. The van der Waals surface area contributed by atoms with E-state index in [0.29, 0.717) is 33.7 Å². The lowest BCUT2D eigenvalue weighted by Crippen LogP contribution is -2.14. The van der Waals surface area contributed by atoms with Crippen LogP contribution in [0.15, 0.2) is 158 Å². The Morgan fingerprint density at radius 2 is 0.933 bits per heavy atom. The molecule has 0 aliphatic rings. The summed E-state index contributed by atoms with van der Waals surface area (Å²) >= 11 is 0. The van der Waals surface area contributed by atoms with Gasteiger partial charge in [0.2, 0.25) is 11.8 Å². The fourth-order valence-corrected chi connectivity index (χ4v) is 10.3. The molecule has 12 rings (SSSR count). The summed E-state index contributed by atoms with van der Waals surface area (Å²) in [5, 5.41) is 8.37. The number of benzene rings is 4. The molecule has 23 heteroatoms. The van der Waals surface area contributed by atoms with Crippen LogP contribution in [0, 0.1) is 23.3 Å². The molecule has 0 amide bonds. The SMILES string of the molecule is COCCn1c(Cc2cc(F)c(-c3cccc(OCc4ccc(-c5ccnn5C)nc4)n3)cc2F)nc2ccc(C(=O)OC(=O)c3ccc4nc(Cc5cc(F)c(-c6cccc(OCc7ccc(-c8ccnn8C)nc7)n6)cc5F)n(CCOC)c4c3)cc21. The summed E-state index contributed by atoms with van der Waals surface area (Å²) in [6.45, 7) is 1.12. The van der Waals surface area contributed by atoms with Crippen LogP contribution < -0.4 is 9.47 Å². The van der Waals surface area contributed by atoms with E-state index in [2.05, 4.69) is 30.1 Å². The maximum atomic E-state index is 16.1. The molecule has 0 aliphatic carbocycles. The molecule has 89 heavy (non-hydrogen) atoms. The number of aromatic nitrogens is 12. The summed E-state index contributed by atoms with van der Waals surface area (Å²) in [6.07, 6.45) is 6.48. The van der Waals surface area contributed by atoms with Crippen LogP contribution in [0.3, 0.4) is 0 Å². The zero-order valence-corrected chi connectivity index (χ0v) is 48.4. The molecular weight excluding hydrogens is 1150 g/mol. The van der Waals surface area contributed by atoms with Crippen molar-refractivity contribution in [2.45, 2.75) is 39.1 Å². The molecule has 448 valence electrons. The number of methoxy groups -OCH3 is 2. The lowest BCUT2D eigenvalue weighted by Gasteiger charge is -2.12. The van der Waals surface area contributed by atoms with Gasteiger partial charge in [0.1, 0.15) is 48.1 Å². The number of carbonyl (C=O) groups excluding carboxylic acids is 2. The van der Waals surface area contributed by atoms with E-state index in [9.17, 15) is 9.59 Å². The first-order valence-electron chi connectivity index (χ1n) is 28.0. The Balaban J connectivity index is 0.716. The normalized spacial score (nSPS) is 11.5. The molecule has 4 aromatic carbocycles. The minimum absolute atomic E-state index is 0.00866. The van der Waals surface area contributed by atoms with Crippen LogP contribution in [0.4, 0.5) is 17.6 Å². The third-order valence-electron chi connectivity index (χ3n) is 14.9. The summed E-state index contributed by atoms with van der Waals surface area (Å²) in [5.74, 6) is -3.68. The quantitative estimate of drug-likeness (QED) is 0.0352. The van der Waals surface area contributed by atoms with E-state index in [1.807, 2.05) is 50.5 Å². The molecule has 0 saturated carbocycles. The van der Waals surface area contributed by atoms with Crippen molar-refractivity contribution in [3.8, 4) is 57.1 Å². The number of ether oxygens (including phenoxy) is 5. The number of halogens is 4. The van der Waals surface area contributed by atoms with Crippen molar-refractivity contribution in [1.82, 2.24) is 58.6 Å². The van der Waals surface area contributed by atoms with Gasteiger partial charge in [-0.15, -0.1) is 0 Å². The molecule has 19 nitrogen and oxygen atoms in total. The number of fused-ring (bicyclic) bond motifs is 2. The molecule has 0 N–H and O–H groups in total. The van der Waals surface area contributed by atoms with Crippen LogP contribution >= 0.6 is 0 Å². The number of carbonyl (C=O) groups is 2. The first kappa shape index (κ1) is 58.6. The summed E-state index contributed by atoms with van der Waals surface area (Å²) in [7, 11) is 6.69. The lowest BCUT2D eigenvalue weighted by molar-refractivity contribution is 0.0397. The summed E-state index contributed by atoms with van der Waals surface area (Å²) in [6, 6.07) is 34.2. The Hall–Kier alpha value is -10.8. The van der Waals surface area contributed by atoms with Crippen LogP contribution in [0.1, 0.15) is 54.6 Å². The summed E-state index contributed by atoms with van der Waals surface area (Å²) in [5.41, 5.74) is 6.75. The Morgan fingerprint density at radius 3 is 1.33 bits per heavy atom. The van der Waals surface area contributed by atoms with Crippen molar-refractivity contribution in [2.75, 3.05) is 27.4 Å². The average Bonchev–Trinajstić information content (AvgIpc) is 2.00. The minimum Gasteiger partial charge on any atom is -0.473 e. The Bertz CT molecular complexity index is 4310. The van der Waals surface area contributed by atoms with E-state index in [4.69, 9.17) is 33.7 Å². The van der Waals surface area contributed by atoms with Crippen LogP contribution in [0.5, 0.6) is 11.8 Å². The Kier molecular flexibility index (Phi) is 16.9. The predicted octanol–water partition coefficient (Wildman–Crippen LogP) is 11.3. The Labute approximate surface area is 505 Å². The standard InChI is InChI=1S/C66H54F4N12O7/c1-79-57(19-21-73-79)53-15-11-39(35-71-53)37-87-63-9-5-7-51(77-63)45-33-47(67)43(27-49(45)69)31-61-75-55-17-13-41(29-59(55)81(61)23-25-85-3)65(83)89-66(84)42-14-18-56-60(30-42)82(24-26-86-4)62(76-56)32-44-28-50(70)46(34-48(44)68)52-8-6-10-64(78-52)88-38-40-12-16-54(72-36-40)58-20-22-74-80(58)2/h5-22,27-30,33-36H,23-26,31-32,37-38H2,1-4H3. The molecule has 0 atom stereocenters. The first-order valence-corrected chi connectivity index (χ1v) is 28.0. The van der Waals surface area contributed by atoms with Crippen molar-refractivity contribution >= 4 is 34.0 Å². The second-order valence-electron chi connectivity index (χ2n) is 20.7. The maximum Gasteiger partial charge on any atom is 0.346 e. The fraction of sp³-hybridized carbons (Fsp3) is 0.182. The second kappa shape index (κ2) is 25.7. The fourth-order valence-electron chi connectivity index (χ4n) is 10.3. The Morgan fingerprint density at radius 1 is 0.483 bits per heavy atom. The van der Waals surface area contributed by atoms with E-state index < -0.39 is 35.2 Å². The van der Waals surface area contributed by atoms with Gasteiger partial charge in [-0.2, -0.15) is 10.2 Å². The third kappa shape index (κ3) is 12.7. The van der Waals surface area contributed by atoms with Gasteiger partial charge >= 0.3 is 11.9 Å². The van der Waals surface area contributed by atoms with Gasteiger partial charge < -0.3 is 32.8 Å². The molecule has 0 unspecified atom stereocenters. The van der Waals surface area contributed by atoms with Gasteiger partial charge in [-0.05, 0) is 108 Å². The van der Waals surface area contributed by atoms with E-state index in [0.717, 1.165) is 58.2 Å². The number of hydrogen-bond donors (Lipinski definition) is 0. The largest absolute Gasteiger partial charge is 0.473 e. The highest BCUT2D eigenvalue weighted by molar-refractivity contribution is 6.05. The van der Waals surface area contributed by atoms with E-state index in [-0.39, 0.29) is 109 Å². The monoisotopic (exact) mass is 1200 g/mol. The van der Waals surface area contributed by atoms with Gasteiger partial charge in [0.05, 0.1) is 80.6 Å².